The fraction of sp³-hybridized carbons (Fsp3) is 0.214. The van der Waals surface area contributed by atoms with Gasteiger partial charge in [0.25, 0.3) is 0 Å². The molecule has 0 bridgehead atoms. The molecule has 1 atom stereocenters. The van der Waals surface area contributed by atoms with E-state index < -0.39 is 0 Å². The third-order valence-electron chi connectivity index (χ3n) is 2.50. The number of ether oxygens (including phenoxy) is 1. The first-order valence-corrected chi connectivity index (χ1v) is 5.44. The summed E-state index contributed by atoms with van der Waals surface area (Å²) < 4.78 is 5.07. The molecule has 0 saturated carbocycles. The molecule has 2 aromatic carbocycles. The van der Waals surface area contributed by atoms with Crippen LogP contribution >= 0.6 is 0 Å². The second kappa shape index (κ2) is 7.10. The summed E-state index contributed by atoms with van der Waals surface area (Å²) >= 11 is 0. The molecule has 17 heavy (non-hydrogen) atoms. The summed E-state index contributed by atoms with van der Waals surface area (Å²) in [5, 5.41) is 0. The van der Waals surface area contributed by atoms with E-state index >= 15 is 0 Å². The molecular formula is C14H14FeO2. The van der Waals surface area contributed by atoms with Crippen molar-refractivity contribution < 1.29 is 26.6 Å². The Hall–Kier alpha value is -1.31. The van der Waals surface area contributed by atoms with Crippen molar-refractivity contribution in [3.05, 3.63) is 60.2 Å². The van der Waals surface area contributed by atoms with Crippen molar-refractivity contribution in [3.8, 4) is 0 Å². The van der Waals surface area contributed by atoms with Gasteiger partial charge in [0, 0.05) is 6.42 Å². The largest absolute Gasteiger partial charge is 2.00 e. The van der Waals surface area contributed by atoms with Gasteiger partial charge in [-0.15, -0.1) is 5.56 Å². The average Bonchev–Trinajstić information content (AvgIpc) is 3.03. The summed E-state index contributed by atoms with van der Waals surface area (Å²) in [7, 11) is 0. The van der Waals surface area contributed by atoms with Crippen LogP contribution in [0, 0.1) is 0 Å². The second-order valence-corrected chi connectivity index (χ2v) is 3.70. The minimum atomic E-state index is -0.0730. The van der Waals surface area contributed by atoms with E-state index in [4.69, 9.17) is 4.74 Å². The topological polar surface area (TPSA) is 26.3 Å². The van der Waals surface area contributed by atoms with Gasteiger partial charge in [0.1, 0.15) is 0 Å². The van der Waals surface area contributed by atoms with Gasteiger partial charge in [-0.1, -0.05) is 0 Å². The third-order valence-corrected chi connectivity index (χ3v) is 2.50. The number of carbonyl (C=O) groups excluding carboxylic acids is 1. The van der Waals surface area contributed by atoms with Crippen LogP contribution in [0.3, 0.4) is 0 Å². The zero-order valence-corrected chi connectivity index (χ0v) is 10.5. The smallest absolute Gasteiger partial charge is 0.470 e. The molecule has 0 spiro atoms. The molecule has 1 unspecified atom stereocenters. The molecular weight excluding hydrogens is 256 g/mol. The van der Waals surface area contributed by atoms with Gasteiger partial charge >= 0.3 is 23.0 Å². The predicted molar refractivity (Wildman–Crippen MR) is 62.1 cm³/mol. The van der Waals surface area contributed by atoms with Crippen molar-refractivity contribution in [2.75, 3.05) is 0 Å². The van der Waals surface area contributed by atoms with E-state index in [1.54, 1.807) is 0 Å². The first kappa shape index (κ1) is 13.8. The van der Waals surface area contributed by atoms with Gasteiger partial charge in [-0.05, 0) is 6.42 Å². The van der Waals surface area contributed by atoms with E-state index in [1.807, 2.05) is 54.6 Å². The van der Waals surface area contributed by atoms with Crippen molar-refractivity contribution in [3.63, 3.8) is 0 Å². The Morgan fingerprint density at radius 2 is 1.82 bits per heavy atom. The first-order valence-electron chi connectivity index (χ1n) is 5.44. The number of carbonyl (C=O) groups is 1. The van der Waals surface area contributed by atoms with Gasteiger partial charge in [0.05, 0.1) is 6.10 Å². The summed E-state index contributed by atoms with van der Waals surface area (Å²) in [6.07, 6.45) is 1.43. The Kier molecular flexibility index (Phi) is 5.74. The fourth-order valence-electron chi connectivity index (χ4n) is 1.68. The normalized spacial score (nSPS) is 17.6. The van der Waals surface area contributed by atoms with Gasteiger partial charge in [0.15, 0.2) is 0 Å². The van der Waals surface area contributed by atoms with E-state index in [1.165, 1.54) is 0 Å². The Labute approximate surface area is 112 Å². The number of hydrogen-bond acceptors (Lipinski definition) is 2. The van der Waals surface area contributed by atoms with Gasteiger partial charge in [-0.2, -0.15) is 30.3 Å². The van der Waals surface area contributed by atoms with E-state index in [0.717, 1.165) is 12.0 Å². The van der Waals surface area contributed by atoms with Crippen LogP contribution in [0.2, 0.25) is 0 Å². The van der Waals surface area contributed by atoms with Crippen LogP contribution in [0.15, 0.2) is 54.6 Å². The van der Waals surface area contributed by atoms with Crippen LogP contribution < -0.4 is 0 Å². The van der Waals surface area contributed by atoms with E-state index in [9.17, 15) is 4.79 Å². The molecule has 2 nitrogen and oxygen atoms in total. The van der Waals surface area contributed by atoms with Crippen LogP contribution in [0.1, 0.15) is 24.5 Å². The van der Waals surface area contributed by atoms with Gasteiger partial charge in [-0.3, -0.25) is 4.79 Å². The van der Waals surface area contributed by atoms with Crippen LogP contribution in [0.25, 0.3) is 0 Å². The van der Waals surface area contributed by atoms with E-state index in [-0.39, 0.29) is 29.1 Å². The Balaban J connectivity index is 0.000000205. The molecule has 3 heteroatoms. The zero-order chi connectivity index (χ0) is 11.2. The molecule has 0 aromatic heterocycles. The summed E-state index contributed by atoms with van der Waals surface area (Å²) in [5.74, 6) is -0.0730. The van der Waals surface area contributed by atoms with Crippen LogP contribution in [0.4, 0.5) is 0 Å². The number of rotatable bonds is 1. The molecule has 0 amide bonds. The maximum atomic E-state index is 10.7. The second-order valence-electron chi connectivity index (χ2n) is 3.70. The van der Waals surface area contributed by atoms with Crippen LogP contribution in [-0.2, 0) is 26.6 Å². The molecule has 2 aromatic rings. The SMILES string of the molecule is O=C1CCC([c-]2cccc2)O1.[Fe+2].c1cc[cH-]c1. The van der Waals surface area contributed by atoms with Gasteiger partial charge in [-0.25, -0.2) is 24.3 Å². The summed E-state index contributed by atoms with van der Waals surface area (Å²) in [5.41, 5.74) is 1.12. The van der Waals surface area contributed by atoms with Crippen molar-refractivity contribution in [1.82, 2.24) is 0 Å². The predicted octanol–water partition coefficient (Wildman–Crippen LogP) is 3.19. The van der Waals surface area contributed by atoms with Crippen LogP contribution in [-0.4, -0.2) is 5.97 Å². The maximum Gasteiger partial charge on any atom is 2.00 e. The Bertz CT molecular complexity index is 386. The zero-order valence-electron chi connectivity index (χ0n) is 9.36. The monoisotopic (exact) mass is 270 g/mol. The molecule has 1 heterocycles. The average molecular weight is 270 g/mol. The summed E-state index contributed by atoms with van der Waals surface area (Å²) in [4.78, 5) is 10.7. The van der Waals surface area contributed by atoms with Crippen LogP contribution in [0.5, 0.6) is 0 Å². The molecule has 1 aliphatic rings. The first-order chi connectivity index (χ1) is 7.86. The quantitative estimate of drug-likeness (QED) is 0.452. The number of hydrogen-bond donors (Lipinski definition) is 0. The summed E-state index contributed by atoms with van der Waals surface area (Å²) in [6.45, 7) is 0. The minimum Gasteiger partial charge on any atom is -0.470 e. The molecule has 1 fully saturated rings. The third kappa shape index (κ3) is 4.21. The van der Waals surface area contributed by atoms with E-state index in [2.05, 4.69) is 0 Å². The molecule has 1 aliphatic heterocycles. The number of esters is 1. The minimum absolute atomic E-state index is 0. The molecule has 90 valence electrons. The Morgan fingerprint density at radius 1 is 1.18 bits per heavy atom. The van der Waals surface area contributed by atoms with Crippen molar-refractivity contribution in [1.29, 1.82) is 0 Å². The molecule has 1 saturated heterocycles. The molecule has 0 aliphatic carbocycles. The van der Waals surface area contributed by atoms with E-state index in [0.29, 0.717) is 6.42 Å². The van der Waals surface area contributed by atoms with Crippen molar-refractivity contribution in [2.24, 2.45) is 0 Å². The fourth-order valence-corrected chi connectivity index (χ4v) is 1.68. The summed E-state index contributed by atoms with van der Waals surface area (Å²) in [6, 6.07) is 17.9. The van der Waals surface area contributed by atoms with Gasteiger partial charge in [0.2, 0.25) is 0 Å². The molecule has 0 N–H and O–H groups in total. The molecule has 3 rings (SSSR count). The van der Waals surface area contributed by atoms with Crippen molar-refractivity contribution in [2.45, 2.75) is 18.9 Å². The van der Waals surface area contributed by atoms with Crippen molar-refractivity contribution >= 4 is 5.97 Å². The maximum absolute atomic E-state index is 10.7. The standard InChI is InChI=1S/C9H9O2.C5H5.Fe/c10-9-6-5-8(11-9)7-3-1-2-4-7;1-2-4-5-3-1;/h1-4,8H,5-6H2;1-5H;/q2*-1;+2. The Morgan fingerprint density at radius 3 is 2.24 bits per heavy atom. The molecule has 0 radical (unpaired) electrons. The number of cyclic esters (lactones) is 1. The van der Waals surface area contributed by atoms with Gasteiger partial charge < -0.3 is 4.74 Å².